The van der Waals surface area contributed by atoms with E-state index in [1.807, 2.05) is 6.92 Å². The molecule has 2 aliphatic carbocycles. The Bertz CT molecular complexity index is 269. The van der Waals surface area contributed by atoms with Crippen LogP contribution < -0.4 is 0 Å². The van der Waals surface area contributed by atoms with Crippen LogP contribution in [0.25, 0.3) is 0 Å². The molecule has 1 saturated carbocycles. The zero-order valence-corrected chi connectivity index (χ0v) is 8.95. The topological polar surface area (TPSA) is 26.3 Å². The molecule has 0 spiro atoms. The van der Waals surface area contributed by atoms with E-state index in [4.69, 9.17) is 4.74 Å². The van der Waals surface area contributed by atoms with Crippen molar-refractivity contribution >= 4 is 5.97 Å². The van der Waals surface area contributed by atoms with Crippen molar-refractivity contribution < 1.29 is 9.53 Å². The number of carbonyl (C=O) groups excluding carboxylic acids is 1. The fourth-order valence-corrected chi connectivity index (χ4v) is 2.54. The van der Waals surface area contributed by atoms with Crippen molar-refractivity contribution in [1.29, 1.82) is 0 Å². The minimum atomic E-state index is -0.0281. The summed E-state index contributed by atoms with van der Waals surface area (Å²) < 4.78 is 5.50. The van der Waals surface area contributed by atoms with Crippen molar-refractivity contribution in [2.75, 3.05) is 0 Å². The summed E-state index contributed by atoms with van der Waals surface area (Å²) in [7, 11) is 0. The zero-order valence-electron chi connectivity index (χ0n) is 8.95. The fourth-order valence-electron chi connectivity index (χ4n) is 2.54. The second-order valence-electron chi connectivity index (χ2n) is 4.64. The van der Waals surface area contributed by atoms with Crippen molar-refractivity contribution in [1.82, 2.24) is 0 Å². The Kier molecular flexibility index (Phi) is 2.38. The van der Waals surface area contributed by atoms with E-state index in [1.165, 1.54) is 6.42 Å². The van der Waals surface area contributed by atoms with Gasteiger partial charge >= 0.3 is 5.97 Å². The monoisotopic (exact) mass is 194 g/mol. The molecule has 0 unspecified atom stereocenters. The van der Waals surface area contributed by atoms with E-state index in [0.29, 0.717) is 12.3 Å². The molecule has 0 aliphatic heterocycles. The van der Waals surface area contributed by atoms with Crippen LogP contribution in [-0.2, 0) is 9.53 Å². The number of ether oxygens (including phenoxy) is 1. The van der Waals surface area contributed by atoms with Crippen molar-refractivity contribution in [3.8, 4) is 0 Å². The molecular weight excluding hydrogens is 176 g/mol. The van der Waals surface area contributed by atoms with E-state index in [-0.39, 0.29) is 17.5 Å². The largest absolute Gasteiger partial charge is 0.461 e. The van der Waals surface area contributed by atoms with Crippen LogP contribution in [0, 0.1) is 11.3 Å². The van der Waals surface area contributed by atoms with Gasteiger partial charge in [0.05, 0.1) is 0 Å². The van der Waals surface area contributed by atoms with Crippen LogP contribution in [0.5, 0.6) is 0 Å². The highest BCUT2D eigenvalue weighted by atomic mass is 16.5. The Hall–Kier alpha value is -0.790. The number of rotatable bonds is 3. The smallest absolute Gasteiger partial charge is 0.306 e. The molecule has 0 heterocycles. The van der Waals surface area contributed by atoms with Crippen LogP contribution >= 0.6 is 0 Å². The molecule has 14 heavy (non-hydrogen) atoms. The molecular formula is C12H18O2. The maximum atomic E-state index is 11.4. The van der Waals surface area contributed by atoms with Gasteiger partial charge in [-0.05, 0) is 25.2 Å². The molecule has 0 aromatic heterocycles. The third kappa shape index (κ3) is 1.37. The highest BCUT2D eigenvalue weighted by molar-refractivity contribution is 5.69. The Morgan fingerprint density at radius 2 is 2.36 bits per heavy atom. The Balaban J connectivity index is 1.93. The van der Waals surface area contributed by atoms with E-state index in [2.05, 4.69) is 19.1 Å². The lowest BCUT2D eigenvalue weighted by molar-refractivity contribution is -0.153. The third-order valence-electron chi connectivity index (χ3n) is 3.65. The van der Waals surface area contributed by atoms with E-state index < -0.39 is 0 Å². The molecule has 3 atom stereocenters. The van der Waals surface area contributed by atoms with Gasteiger partial charge in [-0.15, -0.1) is 0 Å². The number of hydrogen-bond donors (Lipinski definition) is 0. The first kappa shape index (κ1) is 9.75. The van der Waals surface area contributed by atoms with Gasteiger partial charge in [-0.2, -0.15) is 0 Å². The fraction of sp³-hybridized carbons (Fsp3) is 0.750. The van der Waals surface area contributed by atoms with Crippen LogP contribution in [0.1, 0.15) is 39.5 Å². The Morgan fingerprint density at radius 1 is 1.57 bits per heavy atom. The van der Waals surface area contributed by atoms with Crippen LogP contribution in [0.15, 0.2) is 12.2 Å². The molecule has 0 N–H and O–H groups in total. The summed E-state index contributed by atoms with van der Waals surface area (Å²) >= 11 is 0. The summed E-state index contributed by atoms with van der Waals surface area (Å²) in [5.41, 5.74) is 0.156. The molecule has 2 heteroatoms. The van der Waals surface area contributed by atoms with Gasteiger partial charge in [0.1, 0.15) is 6.10 Å². The van der Waals surface area contributed by atoms with E-state index in [0.717, 1.165) is 12.8 Å². The number of allylic oxidation sites excluding steroid dienone is 1. The first-order valence-electron chi connectivity index (χ1n) is 5.55. The molecule has 0 aromatic carbocycles. The normalized spacial score (nSPS) is 39.0. The predicted molar refractivity (Wildman–Crippen MR) is 54.8 cm³/mol. The first-order chi connectivity index (χ1) is 6.66. The molecule has 0 amide bonds. The average Bonchev–Trinajstić information content (AvgIpc) is 2.31. The maximum absolute atomic E-state index is 11.4. The molecule has 1 fully saturated rings. The molecule has 2 aliphatic rings. The summed E-state index contributed by atoms with van der Waals surface area (Å²) in [6.45, 7) is 4.21. The van der Waals surface area contributed by atoms with Gasteiger partial charge in [-0.3, -0.25) is 4.79 Å². The molecule has 0 bridgehead atoms. The lowest BCUT2D eigenvalue weighted by Crippen LogP contribution is -2.38. The number of fused-ring (bicyclic) bond motifs is 1. The van der Waals surface area contributed by atoms with E-state index in [1.54, 1.807) is 0 Å². The van der Waals surface area contributed by atoms with Gasteiger partial charge in [-0.1, -0.05) is 26.0 Å². The third-order valence-corrected chi connectivity index (χ3v) is 3.65. The van der Waals surface area contributed by atoms with Crippen molar-refractivity contribution in [3.63, 3.8) is 0 Å². The standard InChI is InChI=1S/C12H18O2/c1-3-4-11(13)14-10-6-5-9-7-8-12(9,10)2/h7-10H,3-6H2,1-2H3/t9-,10+,12+/m1/s1. The second kappa shape index (κ2) is 3.41. The summed E-state index contributed by atoms with van der Waals surface area (Å²) in [6.07, 6.45) is 8.22. The lowest BCUT2D eigenvalue weighted by Gasteiger charge is -2.38. The molecule has 2 nitrogen and oxygen atoms in total. The van der Waals surface area contributed by atoms with Crippen molar-refractivity contribution in [3.05, 3.63) is 12.2 Å². The average molecular weight is 194 g/mol. The van der Waals surface area contributed by atoms with Crippen LogP contribution in [0.2, 0.25) is 0 Å². The summed E-state index contributed by atoms with van der Waals surface area (Å²) in [4.78, 5) is 11.4. The van der Waals surface area contributed by atoms with Crippen molar-refractivity contribution in [2.24, 2.45) is 11.3 Å². The molecule has 0 aromatic rings. The first-order valence-corrected chi connectivity index (χ1v) is 5.55. The summed E-state index contributed by atoms with van der Waals surface area (Å²) in [6, 6.07) is 0. The van der Waals surface area contributed by atoms with E-state index >= 15 is 0 Å². The summed E-state index contributed by atoms with van der Waals surface area (Å²) in [5.74, 6) is 0.626. The minimum absolute atomic E-state index is 0.0281. The Labute approximate surface area is 85.3 Å². The minimum Gasteiger partial charge on any atom is -0.461 e. The zero-order chi connectivity index (χ0) is 10.2. The molecule has 2 rings (SSSR count). The van der Waals surface area contributed by atoms with Gasteiger partial charge < -0.3 is 4.74 Å². The van der Waals surface area contributed by atoms with E-state index in [9.17, 15) is 4.79 Å². The Morgan fingerprint density at radius 3 is 2.86 bits per heavy atom. The SMILES string of the molecule is CCCC(=O)O[C@H]1CC[C@@H]2C=C[C@]12C. The number of hydrogen-bond acceptors (Lipinski definition) is 2. The van der Waals surface area contributed by atoms with Gasteiger partial charge in [0.25, 0.3) is 0 Å². The van der Waals surface area contributed by atoms with Gasteiger partial charge in [-0.25, -0.2) is 0 Å². The van der Waals surface area contributed by atoms with Crippen LogP contribution in [0.4, 0.5) is 0 Å². The lowest BCUT2D eigenvalue weighted by atomic mass is 9.70. The molecule has 0 radical (unpaired) electrons. The van der Waals surface area contributed by atoms with Gasteiger partial charge in [0.15, 0.2) is 0 Å². The molecule has 78 valence electrons. The van der Waals surface area contributed by atoms with Crippen LogP contribution in [0.3, 0.4) is 0 Å². The second-order valence-corrected chi connectivity index (χ2v) is 4.64. The molecule has 0 saturated heterocycles. The van der Waals surface area contributed by atoms with Crippen molar-refractivity contribution in [2.45, 2.75) is 45.6 Å². The number of esters is 1. The highest BCUT2D eigenvalue weighted by Crippen LogP contribution is 2.52. The number of carbonyl (C=O) groups is 1. The van der Waals surface area contributed by atoms with Crippen LogP contribution in [-0.4, -0.2) is 12.1 Å². The van der Waals surface area contributed by atoms with Gasteiger partial charge in [0.2, 0.25) is 0 Å². The quantitative estimate of drug-likeness (QED) is 0.510. The maximum Gasteiger partial charge on any atom is 0.306 e. The predicted octanol–water partition coefficient (Wildman–Crippen LogP) is 2.68. The summed E-state index contributed by atoms with van der Waals surface area (Å²) in [5, 5.41) is 0. The highest BCUT2D eigenvalue weighted by Gasteiger charge is 2.50. The van der Waals surface area contributed by atoms with Gasteiger partial charge in [0, 0.05) is 11.8 Å².